The molecule has 0 amide bonds. The van der Waals surface area contributed by atoms with Gasteiger partial charge in [-0.05, 0) is 50.1 Å². The Bertz CT molecular complexity index is 1900. The summed E-state index contributed by atoms with van der Waals surface area (Å²) in [4.78, 5) is 11.6. The van der Waals surface area contributed by atoms with Crippen LogP contribution in [0.3, 0.4) is 0 Å². The maximum atomic E-state index is 14.6. The van der Waals surface area contributed by atoms with Crippen LogP contribution in [0.25, 0.3) is 32.7 Å². The molecule has 0 bridgehead atoms. The molecule has 0 spiro atoms. The Morgan fingerprint density at radius 2 is 1.89 bits per heavy atom. The first kappa shape index (κ1) is 31.2. The van der Waals surface area contributed by atoms with Crippen LogP contribution in [0.1, 0.15) is 35.9 Å². The van der Waals surface area contributed by atoms with Crippen molar-refractivity contribution in [1.82, 2.24) is 19.4 Å². The van der Waals surface area contributed by atoms with Gasteiger partial charge in [0.1, 0.15) is 21.6 Å². The normalized spacial score (nSPS) is 15.1. The van der Waals surface area contributed by atoms with Crippen molar-refractivity contribution in [1.29, 1.82) is 5.26 Å². The summed E-state index contributed by atoms with van der Waals surface area (Å²) in [5.41, 5.74) is 4.47. The Kier molecular flexibility index (Phi) is 8.94. The molecule has 0 aliphatic carbocycles. The first-order valence-corrected chi connectivity index (χ1v) is 16.3. The molecule has 1 saturated heterocycles. The van der Waals surface area contributed by atoms with Crippen molar-refractivity contribution in [2.24, 2.45) is 5.10 Å². The Morgan fingerprint density at radius 3 is 2.58 bits per heavy atom. The highest BCUT2D eigenvalue weighted by Gasteiger charge is 2.39. The first-order valence-electron chi connectivity index (χ1n) is 14.2. The predicted octanol–water partition coefficient (Wildman–Crippen LogP) is 7.77. The number of nitrogens with zero attached hydrogens (tertiary/aromatic N) is 6. The van der Waals surface area contributed by atoms with Crippen LogP contribution in [0, 0.1) is 11.3 Å². The summed E-state index contributed by atoms with van der Waals surface area (Å²) >= 11 is 8.33. The molecule has 2 aromatic carbocycles. The maximum Gasteiger partial charge on any atom is 0.435 e. The number of aromatic nitrogens is 3. The average Bonchev–Trinajstić information content (AvgIpc) is 3.75. The van der Waals surface area contributed by atoms with Crippen molar-refractivity contribution in [2.75, 3.05) is 18.5 Å². The van der Waals surface area contributed by atoms with E-state index in [1.807, 2.05) is 24.4 Å². The number of alkyl halides is 3. The number of benzene rings is 2. The topological polar surface area (TPSA) is 102 Å². The molecular weight excluding hydrogens is 643 g/mol. The van der Waals surface area contributed by atoms with E-state index in [2.05, 4.69) is 26.5 Å². The lowest BCUT2D eigenvalue weighted by Crippen LogP contribution is -2.35. The van der Waals surface area contributed by atoms with E-state index >= 15 is 0 Å². The number of thiazole rings is 2. The highest BCUT2D eigenvalue weighted by molar-refractivity contribution is 7.16. The average molecular weight is 670 g/mol. The lowest BCUT2D eigenvalue weighted by atomic mass is 10.1. The van der Waals surface area contributed by atoms with Crippen LogP contribution in [-0.4, -0.2) is 55.6 Å². The van der Waals surface area contributed by atoms with Gasteiger partial charge in [-0.25, -0.2) is 9.97 Å². The number of piperidine rings is 1. The van der Waals surface area contributed by atoms with Gasteiger partial charge in [-0.1, -0.05) is 35.1 Å². The number of hydrogen-bond donors (Lipinski definition) is 2. The Hall–Kier alpha value is -3.80. The molecule has 5 aromatic rings. The summed E-state index contributed by atoms with van der Waals surface area (Å²) in [7, 11) is 0. The lowest BCUT2D eigenvalue weighted by molar-refractivity contribution is -0.0580. The van der Waals surface area contributed by atoms with E-state index in [1.54, 1.807) is 34.9 Å². The molecule has 1 fully saturated rings. The van der Waals surface area contributed by atoms with Crippen molar-refractivity contribution >= 4 is 56.0 Å². The van der Waals surface area contributed by atoms with E-state index in [0.717, 1.165) is 43.0 Å². The number of likely N-dealkylation sites (tertiary alicyclic amines) is 1. The molecule has 14 heteroatoms. The lowest BCUT2D eigenvalue weighted by Gasteiger charge is -2.28. The second-order valence-electron chi connectivity index (χ2n) is 10.6. The summed E-state index contributed by atoms with van der Waals surface area (Å²) in [6.45, 7) is 4.57. The van der Waals surface area contributed by atoms with Gasteiger partial charge in [-0.15, -0.1) is 11.3 Å². The van der Waals surface area contributed by atoms with Crippen LogP contribution in [-0.2, 0) is 13.1 Å². The summed E-state index contributed by atoms with van der Waals surface area (Å²) in [5.74, 6) is 0. The third-order valence-corrected chi connectivity index (χ3v) is 9.65. The number of nitriles is 1. The van der Waals surface area contributed by atoms with Crippen molar-refractivity contribution in [3.05, 3.63) is 75.2 Å². The largest absolute Gasteiger partial charge is 0.435 e. The second kappa shape index (κ2) is 12.9. The molecule has 0 radical (unpaired) electrons. The van der Waals surface area contributed by atoms with Crippen LogP contribution in [0.5, 0.6) is 0 Å². The molecular formula is C31H27ClF3N7OS2. The van der Waals surface area contributed by atoms with Crippen LogP contribution in [0.15, 0.2) is 59.1 Å². The van der Waals surface area contributed by atoms with Crippen molar-refractivity contribution < 1.29 is 18.3 Å². The molecule has 45 heavy (non-hydrogen) atoms. The molecule has 4 heterocycles. The van der Waals surface area contributed by atoms with Crippen LogP contribution in [0.2, 0.25) is 5.02 Å². The number of fused-ring (bicyclic) bond motifs is 1. The molecule has 0 atom stereocenters. The van der Waals surface area contributed by atoms with Gasteiger partial charge in [0.25, 0.3) is 0 Å². The summed E-state index contributed by atoms with van der Waals surface area (Å²) < 4.78 is 45.5. The van der Waals surface area contributed by atoms with Crippen molar-refractivity contribution in [3.8, 4) is 27.9 Å². The molecule has 2 N–H and O–H groups in total. The van der Waals surface area contributed by atoms with Gasteiger partial charge in [0, 0.05) is 70.4 Å². The summed E-state index contributed by atoms with van der Waals surface area (Å²) in [6, 6.07) is 14.1. The number of hydrazone groups is 1. The van der Waals surface area contributed by atoms with Crippen LogP contribution < -0.4 is 5.43 Å². The minimum absolute atomic E-state index is 0.0525. The second-order valence-corrected chi connectivity index (χ2v) is 12.9. The van der Waals surface area contributed by atoms with Gasteiger partial charge < -0.3 is 9.67 Å². The predicted molar refractivity (Wildman–Crippen MR) is 173 cm³/mol. The number of hydrogen-bond acceptors (Lipinski definition) is 9. The SMILES string of the molecule is CCn1cc(/C(=N/Nc2nc(-c3ccc(Cl)cc3)c(C#N)s2)C(F)(F)F)c2cc(-c3nc(CN4CCC(O)CC4)cs3)ccc21. The number of aliphatic hydroxyl groups excluding tert-OH is 1. The fourth-order valence-electron chi connectivity index (χ4n) is 5.33. The molecule has 8 nitrogen and oxygen atoms in total. The standard InChI is InChI=1S/C31H27ClF3N7OS2/c1-2-42-16-24(23-13-19(5-8-25(23)42)29-37-21(17-44-29)15-41-11-9-22(43)10-12-41)28(31(33,34)35)39-40-30-38-27(26(14-36)45-30)18-3-6-20(32)7-4-18/h3-8,13,16-17,22,43H,2,9-12,15H2,1H3,(H,38,40)/b39-28-. The Labute approximate surface area is 270 Å². The van der Waals surface area contributed by atoms with E-state index in [-0.39, 0.29) is 21.7 Å². The number of nitrogens with one attached hydrogen (secondary N) is 1. The van der Waals surface area contributed by atoms with Gasteiger partial charge in [-0.2, -0.15) is 23.5 Å². The third-order valence-electron chi connectivity index (χ3n) is 7.60. The molecule has 0 saturated carbocycles. The van der Waals surface area contributed by atoms with Gasteiger partial charge in [0.2, 0.25) is 5.13 Å². The van der Waals surface area contributed by atoms with Gasteiger partial charge in [0.05, 0.1) is 11.8 Å². The Balaban J connectivity index is 1.33. The summed E-state index contributed by atoms with van der Waals surface area (Å²) in [6.07, 6.45) is -2.13. The highest BCUT2D eigenvalue weighted by atomic mass is 35.5. The minimum Gasteiger partial charge on any atom is -0.393 e. The number of halogens is 4. The molecule has 3 aromatic heterocycles. The number of aliphatic hydroxyl groups is 1. The minimum atomic E-state index is -4.79. The van der Waals surface area contributed by atoms with Gasteiger partial charge in [-0.3, -0.25) is 10.3 Å². The highest BCUT2D eigenvalue weighted by Crippen LogP contribution is 2.35. The Morgan fingerprint density at radius 1 is 1.16 bits per heavy atom. The van der Waals surface area contributed by atoms with Crippen LogP contribution >= 0.6 is 34.3 Å². The van der Waals surface area contributed by atoms with E-state index in [0.29, 0.717) is 50.8 Å². The summed E-state index contributed by atoms with van der Waals surface area (Å²) in [5, 5.41) is 26.9. The van der Waals surface area contributed by atoms with E-state index in [1.165, 1.54) is 17.5 Å². The van der Waals surface area contributed by atoms with Gasteiger partial charge >= 0.3 is 6.18 Å². The number of rotatable bonds is 8. The quantitative estimate of drug-likeness (QED) is 0.129. The third kappa shape index (κ3) is 6.75. The zero-order valence-corrected chi connectivity index (χ0v) is 26.4. The fourth-order valence-corrected chi connectivity index (χ4v) is 6.99. The first-order chi connectivity index (χ1) is 21.6. The van der Waals surface area contributed by atoms with Crippen molar-refractivity contribution in [3.63, 3.8) is 0 Å². The number of anilines is 1. The molecule has 0 unspecified atom stereocenters. The maximum absolute atomic E-state index is 14.6. The van der Waals surface area contributed by atoms with E-state index in [4.69, 9.17) is 16.6 Å². The fraction of sp³-hybridized carbons (Fsp3) is 0.290. The van der Waals surface area contributed by atoms with Crippen LogP contribution in [0.4, 0.5) is 18.3 Å². The molecule has 6 rings (SSSR count). The van der Waals surface area contributed by atoms with Crippen molar-refractivity contribution in [2.45, 2.75) is 45.1 Å². The smallest absolute Gasteiger partial charge is 0.393 e. The molecule has 232 valence electrons. The zero-order chi connectivity index (χ0) is 31.7. The van der Waals surface area contributed by atoms with Gasteiger partial charge in [0.15, 0.2) is 5.71 Å². The zero-order valence-electron chi connectivity index (χ0n) is 24.0. The number of aryl methyl sites for hydroxylation is 1. The molecule has 1 aliphatic rings. The monoisotopic (exact) mass is 669 g/mol. The molecule has 1 aliphatic heterocycles. The van der Waals surface area contributed by atoms with E-state index in [9.17, 15) is 23.5 Å². The van der Waals surface area contributed by atoms with E-state index < -0.39 is 11.9 Å².